The van der Waals surface area contributed by atoms with Crippen molar-refractivity contribution >= 4 is 56.2 Å². The van der Waals surface area contributed by atoms with Gasteiger partial charge < -0.3 is 45.2 Å². The number of carbonyl (C=O) groups is 2. The third kappa shape index (κ3) is 11.1. The molecule has 5 aliphatic rings. The number of pyridine rings is 1. The van der Waals surface area contributed by atoms with Gasteiger partial charge in [-0.1, -0.05) is 68.4 Å². The van der Waals surface area contributed by atoms with E-state index in [0.717, 1.165) is 128 Å². The van der Waals surface area contributed by atoms with Gasteiger partial charge in [0.25, 0.3) is 0 Å². The molecule has 0 saturated carbocycles. The summed E-state index contributed by atoms with van der Waals surface area (Å²) in [7, 11) is 0. The number of aromatic nitrogens is 5. The Morgan fingerprint density at radius 2 is 1.85 bits per heavy atom. The summed E-state index contributed by atoms with van der Waals surface area (Å²) in [5, 5.41) is 41.9. The maximum atomic E-state index is 17.3. The topological polar surface area (TPSA) is 216 Å². The number of Topliss-reactive ketones (excluding diaryl/α,β-unsaturated/α-hetero) is 1. The van der Waals surface area contributed by atoms with Crippen LogP contribution in [0.1, 0.15) is 127 Å². The average molecular weight is 1130 g/mol. The standard InChI is InChI=1S/C63H76FN11O6S/c1-6-39-10-9-11-42-26-47(76)27-49(53(39)42)55-54(64)56-50(31-66-55)59(74-33-44-17-18-45(34-74)71-44)73-61(72-56)80-23-20-43-24-38(19-21-65-43)25-46-12-7-8-22-75(46)51-32-69-81-58(51)62(4,5)29-52(78)63(28-48(77)30-68-63)60(79)70-36(2)40-13-15-41(16-14-40)57-37(3)67-35-82-57/h9-11,13-16,26-27,31-32,35-36,38,43-46,48,65,68,71,76-77H,6-8,12,17-25,28-30,33-34H2,1-5H3,(H,70,79)/t36-,38?,43?,44?,45?,46?,48?,63-/m0/s1. The average Bonchev–Trinajstić information content (AvgIpc) is 4.37. The number of amides is 1. The molecule has 5 saturated heterocycles. The van der Waals surface area contributed by atoms with Crippen LogP contribution in [-0.2, 0) is 21.4 Å². The van der Waals surface area contributed by atoms with Crippen molar-refractivity contribution in [2.75, 3.05) is 49.1 Å². The van der Waals surface area contributed by atoms with Crippen molar-refractivity contribution in [2.24, 2.45) is 5.92 Å². The van der Waals surface area contributed by atoms with Gasteiger partial charge in [-0.05, 0) is 130 Å². The Morgan fingerprint density at radius 1 is 1.04 bits per heavy atom. The number of ether oxygens (including phenoxy) is 1. The monoisotopic (exact) mass is 1130 g/mol. The number of piperazine rings is 1. The van der Waals surface area contributed by atoms with Crippen molar-refractivity contribution in [2.45, 2.75) is 159 Å². The first-order valence-electron chi connectivity index (χ1n) is 29.6. The first-order valence-corrected chi connectivity index (χ1v) is 30.5. The highest BCUT2D eigenvalue weighted by atomic mass is 32.1. The Balaban J connectivity index is 0.717. The normalized spacial score (nSPS) is 24.3. The lowest BCUT2D eigenvalue weighted by molar-refractivity contribution is -0.138. The van der Waals surface area contributed by atoms with Crippen molar-refractivity contribution in [3.05, 3.63) is 101 Å². The molecular weight excluding hydrogens is 1060 g/mol. The number of aryl methyl sites for hydroxylation is 2. The molecule has 82 heavy (non-hydrogen) atoms. The van der Waals surface area contributed by atoms with Gasteiger partial charge in [0.1, 0.15) is 28.5 Å². The number of hydrogen-bond acceptors (Lipinski definition) is 17. The Bertz CT molecular complexity index is 3470. The molecule has 1 amide bonds. The van der Waals surface area contributed by atoms with E-state index in [2.05, 4.69) is 48.1 Å². The molecule has 7 aromatic rings. The van der Waals surface area contributed by atoms with Crippen LogP contribution in [0, 0.1) is 18.7 Å². The van der Waals surface area contributed by atoms with Crippen LogP contribution in [0.25, 0.3) is 43.4 Å². The maximum Gasteiger partial charge on any atom is 0.319 e. The Labute approximate surface area is 482 Å². The number of aliphatic hydroxyl groups is 1. The molecule has 0 radical (unpaired) electrons. The number of aromatic hydroxyl groups is 1. The molecular formula is C63H76FN11O6S. The largest absolute Gasteiger partial charge is 0.508 e. The van der Waals surface area contributed by atoms with E-state index in [1.807, 2.05) is 75.7 Å². The molecule has 6 N–H and O–H groups in total. The number of phenolic OH excluding ortho intramolecular Hbond substituents is 1. The number of β-amino-alcohol motifs (C(OH)–C–C–N with tert-alkyl or cyclic N) is 1. The number of rotatable bonds is 18. The maximum absolute atomic E-state index is 17.3. The number of nitrogens with one attached hydrogen (secondary N) is 4. The quantitative estimate of drug-likeness (QED) is 0.0441. The molecule has 5 fully saturated rings. The summed E-state index contributed by atoms with van der Waals surface area (Å²) in [5.41, 5.74) is 5.00. The van der Waals surface area contributed by atoms with Crippen molar-refractivity contribution in [1.82, 2.24) is 46.4 Å². The summed E-state index contributed by atoms with van der Waals surface area (Å²) < 4.78 is 29.9. The molecule has 12 rings (SSSR count). The smallest absolute Gasteiger partial charge is 0.319 e. The minimum atomic E-state index is -1.62. The van der Waals surface area contributed by atoms with Gasteiger partial charge in [0.05, 0.1) is 46.4 Å². The minimum absolute atomic E-state index is 0.0120. The van der Waals surface area contributed by atoms with Crippen LogP contribution in [-0.4, -0.2) is 122 Å². The van der Waals surface area contributed by atoms with Gasteiger partial charge in [-0.15, -0.1) is 11.3 Å². The van der Waals surface area contributed by atoms with E-state index in [1.165, 1.54) is 0 Å². The molecule has 9 heterocycles. The molecule has 6 unspecified atom stereocenters. The highest BCUT2D eigenvalue weighted by molar-refractivity contribution is 7.13. The van der Waals surface area contributed by atoms with Crippen LogP contribution in [0.3, 0.4) is 0 Å². The Hall–Kier alpha value is -6.64. The molecule has 3 aromatic carbocycles. The predicted molar refractivity (Wildman–Crippen MR) is 317 cm³/mol. The van der Waals surface area contributed by atoms with E-state index >= 15 is 4.39 Å². The number of phenols is 1. The summed E-state index contributed by atoms with van der Waals surface area (Å²) >= 11 is 1.59. The molecule has 2 bridgehead atoms. The number of ketones is 1. The van der Waals surface area contributed by atoms with Crippen LogP contribution in [0.2, 0.25) is 0 Å². The van der Waals surface area contributed by atoms with Gasteiger partial charge in [0, 0.05) is 80.4 Å². The summed E-state index contributed by atoms with van der Waals surface area (Å²) in [6.07, 6.45) is 12.3. The van der Waals surface area contributed by atoms with Gasteiger partial charge >= 0.3 is 6.01 Å². The summed E-state index contributed by atoms with van der Waals surface area (Å²) in [5.74, 6) is 0.364. The molecule has 4 aromatic heterocycles. The highest BCUT2D eigenvalue weighted by Crippen LogP contribution is 2.43. The van der Waals surface area contributed by atoms with Gasteiger partial charge in [0.15, 0.2) is 22.9 Å². The zero-order valence-corrected chi connectivity index (χ0v) is 48.5. The van der Waals surface area contributed by atoms with Crippen LogP contribution < -0.4 is 35.8 Å². The van der Waals surface area contributed by atoms with E-state index < -0.39 is 34.8 Å². The lowest BCUT2D eigenvalue weighted by Crippen LogP contribution is -2.60. The van der Waals surface area contributed by atoms with Gasteiger partial charge in [-0.2, -0.15) is 9.97 Å². The molecule has 8 atom stereocenters. The molecule has 0 aliphatic carbocycles. The van der Waals surface area contributed by atoms with Crippen molar-refractivity contribution in [1.29, 1.82) is 0 Å². The van der Waals surface area contributed by atoms with Crippen molar-refractivity contribution in [3.63, 3.8) is 0 Å². The fourth-order valence-corrected chi connectivity index (χ4v) is 14.8. The highest BCUT2D eigenvalue weighted by Gasteiger charge is 2.53. The number of benzene rings is 3. The Morgan fingerprint density at radius 3 is 2.61 bits per heavy atom. The predicted octanol–water partition coefficient (Wildman–Crippen LogP) is 9.41. The van der Waals surface area contributed by atoms with Gasteiger partial charge in [-0.25, -0.2) is 9.37 Å². The number of nitrogens with zero attached hydrogens (tertiary/aromatic N) is 7. The number of carbonyl (C=O) groups excluding carboxylic acids is 2. The number of halogens is 1. The fraction of sp³-hybridized carbons (Fsp3) is 0.508. The number of thiazole rings is 1. The molecule has 432 valence electrons. The van der Waals surface area contributed by atoms with E-state index in [-0.39, 0.29) is 60.2 Å². The van der Waals surface area contributed by atoms with E-state index in [0.29, 0.717) is 53.6 Å². The van der Waals surface area contributed by atoms with Gasteiger partial charge in [0.2, 0.25) is 5.91 Å². The van der Waals surface area contributed by atoms with Crippen LogP contribution in [0.5, 0.6) is 11.8 Å². The Kier molecular flexibility index (Phi) is 15.8. The SMILES string of the molecule is CCc1cccc2cc(O)cc(-c3ncc4c(N5CC6CCC(C5)N6)nc(OCCC5CC(CC6CCCCN6c6cnoc6C(C)(C)CC(=O)[C@]6(C(=O)N[C@@H](C)c7ccc(-c8scnc8C)cc7)CC(O)CN6)CCN5)nc4c3F)c12. The minimum Gasteiger partial charge on any atom is -0.508 e. The molecule has 0 spiro atoms. The van der Waals surface area contributed by atoms with E-state index in [9.17, 15) is 19.8 Å². The number of fused-ring (bicyclic) bond motifs is 4. The zero-order chi connectivity index (χ0) is 56.9. The second kappa shape index (κ2) is 23.2. The van der Waals surface area contributed by atoms with Crippen LogP contribution >= 0.6 is 11.3 Å². The molecule has 19 heteroatoms. The van der Waals surface area contributed by atoms with Crippen molar-refractivity contribution in [3.8, 4) is 33.5 Å². The third-order valence-corrected chi connectivity index (χ3v) is 19.2. The van der Waals surface area contributed by atoms with E-state index in [1.54, 1.807) is 35.9 Å². The summed E-state index contributed by atoms with van der Waals surface area (Å²) in [6.45, 7) is 13.6. The number of anilines is 2. The van der Waals surface area contributed by atoms with E-state index in [4.69, 9.17) is 24.2 Å². The second-order valence-corrected chi connectivity index (χ2v) is 25.3. The fourth-order valence-electron chi connectivity index (χ4n) is 14.0. The summed E-state index contributed by atoms with van der Waals surface area (Å²) in [4.78, 5) is 53.7. The third-order valence-electron chi connectivity index (χ3n) is 18.3. The lowest BCUT2D eigenvalue weighted by Gasteiger charge is -2.41. The molecule has 17 nitrogen and oxygen atoms in total. The lowest BCUT2D eigenvalue weighted by atomic mass is 9.77. The second-order valence-electron chi connectivity index (χ2n) is 24.4. The summed E-state index contributed by atoms with van der Waals surface area (Å²) in [6, 6.07) is 18.0. The zero-order valence-electron chi connectivity index (χ0n) is 47.6. The number of aliphatic hydroxyl groups excluding tert-OH is 1. The first-order chi connectivity index (χ1) is 39.6. The van der Waals surface area contributed by atoms with Crippen molar-refractivity contribution < 1.29 is 33.5 Å². The number of piperidine rings is 2. The molecule has 5 aliphatic heterocycles. The van der Waals surface area contributed by atoms with Crippen LogP contribution in [0.4, 0.5) is 15.9 Å². The van der Waals surface area contributed by atoms with Crippen LogP contribution in [0.15, 0.2) is 77.0 Å². The number of hydrogen-bond donors (Lipinski definition) is 6. The first kappa shape index (κ1) is 55.9. The van der Waals surface area contributed by atoms with Gasteiger partial charge in [-0.3, -0.25) is 19.9 Å².